The molecule has 0 radical (unpaired) electrons. The molecule has 0 spiro atoms. The molecule has 5 nitrogen and oxygen atoms in total. The van der Waals surface area contributed by atoms with E-state index in [1.807, 2.05) is 0 Å². The average molecular weight is 429 g/mol. The number of likely N-dealkylation sites (tertiary alicyclic amines) is 1. The van der Waals surface area contributed by atoms with Crippen molar-refractivity contribution in [3.8, 4) is 5.75 Å². The van der Waals surface area contributed by atoms with Crippen molar-refractivity contribution in [3.05, 3.63) is 59.7 Å². The van der Waals surface area contributed by atoms with E-state index in [4.69, 9.17) is 9.84 Å². The Morgan fingerprint density at radius 2 is 1.86 bits per heavy atom. The van der Waals surface area contributed by atoms with Crippen molar-refractivity contribution in [2.24, 2.45) is 0 Å². The van der Waals surface area contributed by atoms with Gasteiger partial charge in [0.25, 0.3) is 0 Å². The van der Waals surface area contributed by atoms with E-state index in [0.29, 0.717) is 18.7 Å². The highest BCUT2D eigenvalue weighted by atomic mass is 32.2. The van der Waals surface area contributed by atoms with Crippen molar-refractivity contribution in [2.75, 3.05) is 19.7 Å². The van der Waals surface area contributed by atoms with Gasteiger partial charge in [-0.2, -0.15) is 13.2 Å². The summed E-state index contributed by atoms with van der Waals surface area (Å²) in [5.41, 5.74) is -0.145. The molecule has 2 aromatic carbocycles. The first-order valence-corrected chi connectivity index (χ1v) is 10.3. The fourth-order valence-electron chi connectivity index (χ4n) is 3.22. The van der Waals surface area contributed by atoms with Crippen LogP contribution in [0.25, 0.3) is 0 Å². The molecule has 3 rings (SSSR count). The summed E-state index contributed by atoms with van der Waals surface area (Å²) in [6.45, 7) is 0.523. The molecule has 158 valence electrons. The molecule has 29 heavy (non-hydrogen) atoms. The monoisotopic (exact) mass is 429 g/mol. The SMILES string of the molecule is [O-][S@+](c1ccccc1C(F)(F)F)[C@H]1CCN(C(O)COc2ccc(CO)cc2)C1. The molecule has 0 saturated carbocycles. The van der Waals surface area contributed by atoms with Crippen LogP contribution in [-0.2, 0) is 24.0 Å². The Labute approximate surface area is 169 Å². The zero-order valence-electron chi connectivity index (χ0n) is 15.5. The van der Waals surface area contributed by atoms with Crippen molar-refractivity contribution in [1.29, 1.82) is 0 Å². The van der Waals surface area contributed by atoms with Crippen molar-refractivity contribution < 1.29 is 32.7 Å². The molecule has 0 aromatic heterocycles. The van der Waals surface area contributed by atoms with Gasteiger partial charge in [-0.1, -0.05) is 24.3 Å². The number of nitrogens with zero attached hydrogens (tertiary/aromatic N) is 1. The quantitative estimate of drug-likeness (QED) is 0.662. The van der Waals surface area contributed by atoms with Gasteiger partial charge >= 0.3 is 6.18 Å². The Bertz CT molecular complexity index is 803. The van der Waals surface area contributed by atoms with Crippen molar-refractivity contribution in [1.82, 2.24) is 4.90 Å². The van der Waals surface area contributed by atoms with Gasteiger partial charge in [0.15, 0.2) is 4.90 Å². The Morgan fingerprint density at radius 1 is 1.17 bits per heavy atom. The maximum atomic E-state index is 13.2. The summed E-state index contributed by atoms with van der Waals surface area (Å²) in [5, 5.41) is 18.9. The standard InChI is InChI=1S/C20H22F3NO4S/c21-20(22,23)17-3-1-2-4-18(17)29(27)16-9-10-24(11-16)19(26)13-28-15-7-5-14(12-25)6-8-15/h1-8,16,19,25-26H,9-13H2/t16-,19?,29-/m0/s1. The summed E-state index contributed by atoms with van der Waals surface area (Å²) in [6.07, 6.45) is -5.11. The number of halogens is 3. The number of alkyl halides is 3. The minimum atomic E-state index is -4.57. The number of ether oxygens (including phenoxy) is 1. The minimum absolute atomic E-state index is 0.0308. The number of rotatable bonds is 7. The number of hydrogen-bond acceptors (Lipinski definition) is 5. The highest BCUT2D eigenvalue weighted by Crippen LogP contribution is 2.36. The highest BCUT2D eigenvalue weighted by molar-refractivity contribution is 7.92. The lowest BCUT2D eigenvalue weighted by molar-refractivity contribution is -0.139. The molecule has 1 unspecified atom stereocenters. The first kappa shape index (κ1) is 21.9. The van der Waals surface area contributed by atoms with Gasteiger partial charge in [-0.3, -0.25) is 4.90 Å². The predicted octanol–water partition coefficient (Wildman–Crippen LogP) is 2.78. The summed E-state index contributed by atoms with van der Waals surface area (Å²) in [4.78, 5) is 1.43. The number of aliphatic hydroxyl groups excluding tert-OH is 2. The molecule has 1 aliphatic rings. The molecular formula is C20H22F3NO4S. The van der Waals surface area contributed by atoms with Crippen molar-refractivity contribution in [3.63, 3.8) is 0 Å². The number of hydrogen-bond donors (Lipinski definition) is 2. The number of benzene rings is 2. The van der Waals surface area contributed by atoms with Crippen LogP contribution in [-0.4, -0.2) is 50.8 Å². The van der Waals surface area contributed by atoms with Gasteiger partial charge in [0.1, 0.15) is 29.4 Å². The second kappa shape index (κ2) is 9.36. The summed E-state index contributed by atoms with van der Waals surface area (Å²) >= 11 is -1.83. The van der Waals surface area contributed by atoms with E-state index in [1.165, 1.54) is 18.2 Å². The lowest BCUT2D eigenvalue weighted by atomic mass is 10.2. The molecule has 0 bridgehead atoms. The summed E-state index contributed by atoms with van der Waals surface area (Å²) in [5.74, 6) is 0.527. The smallest absolute Gasteiger partial charge is 0.421 e. The molecule has 2 N–H and O–H groups in total. The van der Waals surface area contributed by atoms with Crippen LogP contribution in [0.1, 0.15) is 17.5 Å². The van der Waals surface area contributed by atoms with Gasteiger partial charge < -0.3 is 19.5 Å². The third-order valence-corrected chi connectivity index (χ3v) is 6.59. The van der Waals surface area contributed by atoms with Gasteiger partial charge in [-0.05, 0) is 41.0 Å². The van der Waals surface area contributed by atoms with Crippen LogP contribution in [0.15, 0.2) is 53.4 Å². The second-order valence-electron chi connectivity index (χ2n) is 6.79. The molecule has 1 aliphatic heterocycles. The van der Waals surface area contributed by atoms with E-state index in [9.17, 15) is 22.8 Å². The van der Waals surface area contributed by atoms with Gasteiger partial charge in [0, 0.05) is 19.5 Å². The molecule has 3 atom stereocenters. The minimum Gasteiger partial charge on any atom is -0.611 e. The van der Waals surface area contributed by atoms with E-state index in [0.717, 1.165) is 11.6 Å². The predicted molar refractivity (Wildman–Crippen MR) is 102 cm³/mol. The summed E-state index contributed by atoms with van der Waals surface area (Å²) in [6, 6.07) is 11.7. The van der Waals surface area contributed by atoms with Crippen LogP contribution in [0.2, 0.25) is 0 Å². The zero-order chi connectivity index (χ0) is 21.0. The van der Waals surface area contributed by atoms with Crippen LogP contribution < -0.4 is 4.74 Å². The third kappa shape index (κ3) is 5.43. The normalized spacial score (nSPS) is 19.9. The van der Waals surface area contributed by atoms with Gasteiger partial charge in [0.2, 0.25) is 0 Å². The molecule has 2 aromatic rings. The van der Waals surface area contributed by atoms with Crippen LogP contribution in [0.5, 0.6) is 5.75 Å². The lowest BCUT2D eigenvalue weighted by Crippen LogP contribution is -2.39. The van der Waals surface area contributed by atoms with Gasteiger partial charge in [-0.25, -0.2) is 0 Å². The second-order valence-corrected chi connectivity index (χ2v) is 8.49. The van der Waals surface area contributed by atoms with Gasteiger partial charge in [0.05, 0.1) is 6.61 Å². The van der Waals surface area contributed by atoms with Gasteiger partial charge in [-0.15, -0.1) is 0 Å². The lowest BCUT2D eigenvalue weighted by Gasteiger charge is -2.24. The Morgan fingerprint density at radius 3 is 2.52 bits per heavy atom. The van der Waals surface area contributed by atoms with Crippen LogP contribution in [0, 0.1) is 0 Å². The van der Waals surface area contributed by atoms with Crippen LogP contribution in [0.4, 0.5) is 13.2 Å². The van der Waals surface area contributed by atoms with E-state index < -0.39 is 34.4 Å². The largest absolute Gasteiger partial charge is 0.611 e. The maximum Gasteiger partial charge on any atom is 0.421 e. The number of aliphatic hydroxyl groups is 2. The molecule has 1 heterocycles. The average Bonchev–Trinajstić information content (AvgIpc) is 3.21. The highest BCUT2D eigenvalue weighted by Gasteiger charge is 2.41. The van der Waals surface area contributed by atoms with Crippen molar-refractivity contribution >= 4 is 11.2 Å². The molecule has 1 fully saturated rings. The summed E-state index contributed by atoms with van der Waals surface area (Å²) < 4.78 is 57.9. The molecule has 1 saturated heterocycles. The molecule has 0 amide bonds. The first-order valence-electron chi connectivity index (χ1n) is 9.11. The third-order valence-electron chi connectivity index (χ3n) is 4.81. The van der Waals surface area contributed by atoms with E-state index in [2.05, 4.69) is 0 Å². The Balaban J connectivity index is 1.58. The maximum absolute atomic E-state index is 13.2. The van der Waals surface area contributed by atoms with E-state index in [-0.39, 0.29) is 24.7 Å². The van der Waals surface area contributed by atoms with Crippen LogP contribution >= 0.6 is 0 Å². The Hall–Kier alpha value is -1.78. The van der Waals surface area contributed by atoms with Crippen LogP contribution in [0.3, 0.4) is 0 Å². The van der Waals surface area contributed by atoms with E-state index in [1.54, 1.807) is 29.2 Å². The Kier molecular flexibility index (Phi) is 7.07. The zero-order valence-corrected chi connectivity index (χ0v) is 16.3. The summed E-state index contributed by atoms with van der Waals surface area (Å²) in [7, 11) is 0. The fraction of sp³-hybridized carbons (Fsp3) is 0.400. The fourth-order valence-corrected chi connectivity index (χ4v) is 4.84. The molecule has 9 heteroatoms. The molecular weight excluding hydrogens is 407 g/mol. The first-order chi connectivity index (χ1) is 13.8. The van der Waals surface area contributed by atoms with E-state index >= 15 is 0 Å². The topological polar surface area (TPSA) is 76.0 Å². The molecule has 0 aliphatic carbocycles. The van der Waals surface area contributed by atoms with Crippen molar-refractivity contribution in [2.45, 2.75) is 35.6 Å².